The molecule has 0 saturated heterocycles. The molecule has 0 aliphatic carbocycles. The minimum absolute atomic E-state index is 0.0919. The van der Waals surface area contributed by atoms with E-state index in [9.17, 15) is 14.4 Å². The van der Waals surface area contributed by atoms with E-state index >= 15 is 0 Å². The molecule has 0 spiro atoms. The van der Waals surface area contributed by atoms with E-state index < -0.39 is 6.10 Å². The average molecular weight is 863 g/mol. The molecule has 0 aliphatic rings. The molecule has 0 N–H and O–H groups in total. The van der Waals surface area contributed by atoms with Crippen molar-refractivity contribution in [1.29, 1.82) is 0 Å². The molecule has 0 amide bonds. The fraction of sp³-hybridized carbons (Fsp3) is 0.696. The molecular formula is C56H94O6. The zero-order valence-corrected chi connectivity index (χ0v) is 40.4. The summed E-state index contributed by atoms with van der Waals surface area (Å²) in [6, 6.07) is 0. The molecule has 0 rings (SSSR count). The molecular weight excluding hydrogens is 769 g/mol. The smallest absolute Gasteiger partial charge is 0.306 e. The Morgan fingerprint density at radius 3 is 1.02 bits per heavy atom. The zero-order chi connectivity index (χ0) is 45.1. The number of carbonyl (C=O) groups excluding carboxylic acids is 3. The SMILES string of the molecule is CC/C=C/C=C/C=C/CCCCCCCC(=O)OC(COC(=O)CCCCCCC/C=C/C=C/C=C/C=C/CCCCC)COC(=O)CCCCCCCCCCCCCCC. The number of allylic oxidation sites excluding steroid dienone is 14. The van der Waals surface area contributed by atoms with Gasteiger partial charge < -0.3 is 14.2 Å². The third-order valence-corrected chi connectivity index (χ3v) is 10.8. The second-order valence-electron chi connectivity index (χ2n) is 16.9. The molecule has 1 atom stereocenters. The summed E-state index contributed by atoms with van der Waals surface area (Å²) in [5, 5.41) is 0. The van der Waals surface area contributed by atoms with Crippen molar-refractivity contribution in [3.05, 3.63) is 85.1 Å². The number of carbonyl (C=O) groups is 3. The highest BCUT2D eigenvalue weighted by molar-refractivity contribution is 5.71. The van der Waals surface area contributed by atoms with E-state index in [4.69, 9.17) is 14.2 Å². The van der Waals surface area contributed by atoms with Gasteiger partial charge in [-0.3, -0.25) is 14.4 Å². The average Bonchev–Trinajstić information content (AvgIpc) is 3.27. The standard InChI is InChI=1S/C56H94O6/c1-4-7-10-13-16-19-22-25-26-27-28-29-32-34-37-40-43-46-49-55(58)61-52-53(62-56(59)50-47-44-41-38-35-31-24-21-18-15-12-9-6-3)51-60-54(57)48-45-42-39-36-33-30-23-20-17-14-11-8-5-2/h9,12,15-16,18-19,21-22,24-29,53H,4-8,10-11,13-14,17,20,23,30-52H2,1-3H3/b12-9+,18-15+,19-16+,24-21+,25-22+,27-26+,29-28+. The van der Waals surface area contributed by atoms with Crippen LogP contribution in [0.4, 0.5) is 0 Å². The number of esters is 3. The third kappa shape index (κ3) is 47.6. The van der Waals surface area contributed by atoms with Crippen LogP contribution in [0.3, 0.4) is 0 Å². The van der Waals surface area contributed by atoms with Crippen LogP contribution in [0.15, 0.2) is 85.1 Å². The van der Waals surface area contributed by atoms with Crippen LogP contribution in [0.2, 0.25) is 0 Å². The Kier molecular flexibility index (Phi) is 47.5. The highest BCUT2D eigenvalue weighted by Crippen LogP contribution is 2.15. The molecule has 62 heavy (non-hydrogen) atoms. The van der Waals surface area contributed by atoms with Crippen molar-refractivity contribution >= 4 is 17.9 Å². The van der Waals surface area contributed by atoms with Gasteiger partial charge in [-0.05, 0) is 64.2 Å². The van der Waals surface area contributed by atoms with Crippen molar-refractivity contribution in [2.24, 2.45) is 0 Å². The van der Waals surface area contributed by atoms with Crippen LogP contribution >= 0.6 is 0 Å². The zero-order valence-electron chi connectivity index (χ0n) is 40.4. The lowest BCUT2D eigenvalue weighted by Gasteiger charge is -2.18. The Morgan fingerprint density at radius 2 is 0.629 bits per heavy atom. The Hall–Kier alpha value is -3.41. The minimum Gasteiger partial charge on any atom is -0.462 e. The molecule has 0 radical (unpaired) electrons. The summed E-state index contributed by atoms with van der Waals surface area (Å²) in [4.78, 5) is 37.9. The van der Waals surface area contributed by atoms with Gasteiger partial charge in [-0.15, -0.1) is 0 Å². The van der Waals surface area contributed by atoms with Crippen LogP contribution < -0.4 is 0 Å². The first-order valence-corrected chi connectivity index (χ1v) is 25.7. The molecule has 0 bridgehead atoms. The normalized spacial score (nSPS) is 12.8. The van der Waals surface area contributed by atoms with Crippen molar-refractivity contribution in [3.8, 4) is 0 Å². The van der Waals surface area contributed by atoms with E-state index in [-0.39, 0.29) is 31.1 Å². The maximum atomic E-state index is 12.8. The molecule has 0 aromatic carbocycles. The van der Waals surface area contributed by atoms with Gasteiger partial charge in [0.25, 0.3) is 0 Å². The van der Waals surface area contributed by atoms with E-state index in [1.165, 1.54) is 83.5 Å². The van der Waals surface area contributed by atoms with Crippen LogP contribution in [0.1, 0.15) is 233 Å². The first kappa shape index (κ1) is 58.6. The lowest BCUT2D eigenvalue weighted by atomic mass is 10.0. The molecule has 0 heterocycles. The van der Waals surface area contributed by atoms with Crippen molar-refractivity contribution < 1.29 is 28.6 Å². The van der Waals surface area contributed by atoms with Crippen LogP contribution in [0.25, 0.3) is 0 Å². The van der Waals surface area contributed by atoms with Crippen LogP contribution in [0, 0.1) is 0 Å². The van der Waals surface area contributed by atoms with Gasteiger partial charge in [0.05, 0.1) is 0 Å². The molecule has 0 fully saturated rings. The van der Waals surface area contributed by atoms with Crippen LogP contribution in [0.5, 0.6) is 0 Å². The molecule has 0 aliphatic heterocycles. The van der Waals surface area contributed by atoms with E-state index in [0.717, 1.165) is 109 Å². The van der Waals surface area contributed by atoms with E-state index in [0.29, 0.717) is 19.3 Å². The Labute approximate surface area is 382 Å². The predicted molar refractivity (Wildman–Crippen MR) is 265 cm³/mol. The summed E-state index contributed by atoms with van der Waals surface area (Å²) in [5.74, 6) is -0.936. The van der Waals surface area contributed by atoms with Gasteiger partial charge in [0.1, 0.15) is 13.2 Å². The fourth-order valence-electron chi connectivity index (χ4n) is 6.92. The van der Waals surface area contributed by atoms with Crippen LogP contribution in [-0.2, 0) is 28.6 Å². The number of ether oxygens (including phenoxy) is 3. The van der Waals surface area contributed by atoms with Crippen molar-refractivity contribution in [2.45, 2.75) is 239 Å². The fourth-order valence-corrected chi connectivity index (χ4v) is 6.92. The third-order valence-electron chi connectivity index (χ3n) is 10.8. The summed E-state index contributed by atoms with van der Waals surface area (Å²) >= 11 is 0. The molecule has 6 heteroatoms. The summed E-state index contributed by atoms with van der Waals surface area (Å²) in [6.45, 7) is 6.43. The van der Waals surface area contributed by atoms with Gasteiger partial charge in [0.15, 0.2) is 6.10 Å². The molecule has 6 nitrogen and oxygen atoms in total. The van der Waals surface area contributed by atoms with Gasteiger partial charge in [0, 0.05) is 19.3 Å². The summed E-state index contributed by atoms with van der Waals surface area (Å²) < 4.78 is 16.8. The van der Waals surface area contributed by atoms with E-state index in [1.54, 1.807) is 0 Å². The number of hydrogen-bond acceptors (Lipinski definition) is 6. The lowest BCUT2D eigenvalue weighted by molar-refractivity contribution is -0.167. The van der Waals surface area contributed by atoms with E-state index in [1.807, 2.05) is 0 Å². The van der Waals surface area contributed by atoms with Gasteiger partial charge in [-0.1, -0.05) is 234 Å². The number of unbranched alkanes of at least 4 members (excludes halogenated alkanes) is 25. The second-order valence-corrected chi connectivity index (χ2v) is 16.9. The highest BCUT2D eigenvalue weighted by Gasteiger charge is 2.19. The lowest BCUT2D eigenvalue weighted by Crippen LogP contribution is -2.30. The minimum atomic E-state index is -0.795. The monoisotopic (exact) mass is 863 g/mol. The van der Waals surface area contributed by atoms with Gasteiger partial charge in [-0.2, -0.15) is 0 Å². The van der Waals surface area contributed by atoms with E-state index in [2.05, 4.69) is 106 Å². The quantitative estimate of drug-likeness (QED) is 0.0263. The van der Waals surface area contributed by atoms with Crippen molar-refractivity contribution in [1.82, 2.24) is 0 Å². The topological polar surface area (TPSA) is 78.9 Å². The highest BCUT2D eigenvalue weighted by atomic mass is 16.6. The Balaban J connectivity index is 4.45. The molecule has 0 aromatic heterocycles. The predicted octanol–water partition coefficient (Wildman–Crippen LogP) is 16.8. The van der Waals surface area contributed by atoms with Gasteiger partial charge in [-0.25, -0.2) is 0 Å². The molecule has 0 saturated carbocycles. The maximum absolute atomic E-state index is 12.8. The molecule has 0 aromatic rings. The first-order chi connectivity index (χ1) is 30.5. The van der Waals surface area contributed by atoms with Crippen LogP contribution in [-0.4, -0.2) is 37.2 Å². The molecule has 1 unspecified atom stereocenters. The molecule has 354 valence electrons. The van der Waals surface area contributed by atoms with Crippen molar-refractivity contribution in [2.75, 3.05) is 13.2 Å². The van der Waals surface area contributed by atoms with Crippen molar-refractivity contribution in [3.63, 3.8) is 0 Å². The Morgan fingerprint density at radius 1 is 0.339 bits per heavy atom. The van der Waals surface area contributed by atoms with Gasteiger partial charge in [0.2, 0.25) is 0 Å². The summed E-state index contributed by atoms with van der Waals surface area (Å²) in [7, 11) is 0. The number of rotatable bonds is 45. The Bertz CT molecular complexity index is 1220. The van der Waals surface area contributed by atoms with Gasteiger partial charge >= 0.3 is 17.9 Å². The number of hydrogen-bond donors (Lipinski definition) is 0. The maximum Gasteiger partial charge on any atom is 0.306 e. The summed E-state index contributed by atoms with van der Waals surface area (Å²) in [6.07, 6.45) is 64.1. The largest absolute Gasteiger partial charge is 0.462 e. The second kappa shape index (κ2) is 50.2. The first-order valence-electron chi connectivity index (χ1n) is 25.7. The summed E-state index contributed by atoms with van der Waals surface area (Å²) in [5.41, 5.74) is 0.